The molecule has 0 spiro atoms. The molecule has 1 fully saturated rings. The summed E-state index contributed by atoms with van der Waals surface area (Å²) >= 11 is 0. The van der Waals surface area contributed by atoms with Crippen LogP contribution in [0.15, 0.2) is 0 Å². The van der Waals surface area contributed by atoms with Gasteiger partial charge >= 0.3 is 0 Å². The summed E-state index contributed by atoms with van der Waals surface area (Å²) in [4.78, 5) is 2.66. The Morgan fingerprint density at radius 1 is 1.33 bits per heavy atom. The van der Waals surface area contributed by atoms with Gasteiger partial charge in [0, 0.05) is 31.2 Å². The fourth-order valence-electron chi connectivity index (χ4n) is 2.41. The monoisotopic (exact) mass is 212 g/mol. The van der Waals surface area contributed by atoms with Crippen LogP contribution in [0.4, 0.5) is 0 Å². The number of hydrogen-bond donors (Lipinski definition) is 1. The Kier molecular flexibility index (Phi) is 3.83. The molecule has 1 heterocycles. The van der Waals surface area contributed by atoms with Crippen molar-refractivity contribution in [1.82, 2.24) is 10.2 Å². The Hall–Kier alpha value is -0.0800. The van der Waals surface area contributed by atoms with E-state index in [1.165, 1.54) is 19.5 Å². The highest BCUT2D eigenvalue weighted by atomic mass is 15.2. The minimum atomic E-state index is 0.275. The molecule has 1 atom stereocenters. The standard InChI is InChI=1S/C13H28N2/c1-7-11-8-14-13(5,6)10-15(11)9-12(2,3)4/h11,14H,7-10H2,1-6H3. The van der Waals surface area contributed by atoms with Gasteiger partial charge in [-0.15, -0.1) is 0 Å². The molecule has 15 heavy (non-hydrogen) atoms. The van der Waals surface area contributed by atoms with E-state index in [1.807, 2.05) is 0 Å². The molecule has 0 bridgehead atoms. The van der Waals surface area contributed by atoms with Crippen LogP contribution >= 0.6 is 0 Å². The lowest BCUT2D eigenvalue weighted by Crippen LogP contribution is -2.62. The third-order valence-corrected chi connectivity index (χ3v) is 3.08. The molecule has 1 aliphatic rings. The normalized spacial score (nSPS) is 28.0. The highest BCUT2D eigenvalue weighted by Crippen LogP contribution is 2.23. The average Bonchev–Trinajstić information content (AvgIpc) is 1.99. The lowest BCUT2D eigenvalue weighted by Gasteiger charge is -2.46. The molecule has 1 rings (SSSR count). The zero-order valence-corrected chi connectivity index (χ0v) is 11.4. The maximum Gasteiger partial charge on any atom is 0.0252 e. The maximum absolute atomic E-state index is 3.63. The Labute approximate surface area is 95.4 Å². The quantitative estimate of drug-likeness (QED) is 0.756. The molecule has 1 aliphatic heterocycles. The second-order valence-corrected chi connectivity index (χ2v) is 6.79. The van der Waals surface area contributed by atoms with Crippen molar-refractivity contribution in [2.45, 2.75) is 59.5 Å². The molecule has 0 aromatic rings. The molecule has 0 aromatic carbocycles. The maximum atomic E-state index is 3.63. The van der Waals surface area contributed by atoms with Gasteiger partial charge in [-0.2, -0.15) is 0 Å². The van der Waals surface area contributed by atoms with Gasteiger partial charge in [-0.05, 0) is 25.7 Å². The van der Waals surface area contributed by atoms with Crippen LogP contribution in [0.1, 0.15) is 48.0 Å². The van der Waals surface area contributed by atoms with Gasteiger partial charge in [0.05, 0.1) is 0 Å². The largest absolute Gasteiger partial charge is 0.309 e. The second kappa shape index (κ2) is 4.42. The van der Waals surface area contributed by atoms with Crippen molar-refractivity contribution in [2.24, 2.45) is 5.41 Å². The van der Waals surface area contributed by atoms with Gasteiger partial charge in [0.1, 0.15) is 0 Å². The Morgan fingerprint density at radius 3 is 2.40 bits per heavy atom. The van der Waals surface area contributed by atoms with Crippen LogP contribution in [0.3, 0.4) is 0 Å². The summed E-state index contributed by atoms with van der Waals surface area (Å²) in [6, 6.07) is 0.720. The second-order valence-electron chi connectivity index (χ2n) is 6.79. The van der Waals surface area contributed by atoms with Crippen LogP contribution in [-0.2, 0) is 0 Å². The van der Waals surface area contributed by atoms with E-state index in [-0.39, 0.29) is 5.54 Å². The van der Waals surface area contributed by atoms with E-state index in [0.717, 1.165) is 12.6 Å². The average molecular weight is 212 g/mol. The van der Waals surface area contributed by atoms with E-state index in [1.54, 1.807) is 0 Å². The molecule has 1 N–H and O–H groups in total. The highest BCUT2D eigenvalue weighted by molar-refractivity contribution is 4.92. The SMILES string of the molecule is CCC1CNC(C)(C)CN1CC(C)(C)C. The molecule has 2 nitrogen and oxygen atoms in total. The summed E-state index contributed by atoms with van der Waals surface area (Å²) in [6.07, 6.45) is 1.25. The van der Waals surface area contributed by atoms with Crippen LogP contribution in [0.25, 0.3) is 0 Å². The molecule has 2 heteroatoms. The first-order valence-corrected chi connectivity index (χ1v) is 6.22. The lowest BCUT2D eigenvalue weighted by atomic mass is 9.91. The van der Waals surface area contributed by atoms with E-state index < -0.39 is 0 Å². The number of nitrogens with one attached hydrogen (secondary N) is 1. The van der Waals surface area contributed by atoms with Crippen LogP contribution in [-0.4, -0.2) is 36.1 Å². The molecule has 1 unspecified atom stereocenters. The van der Waals surface area contributed by atoms with E-state index in [2.05, 4.69) is 51.8 Å². The van der Waals surface area contributed by atoms with Gasteiger partial charge in [-0.3, -0.25) is 4.90 Å². The number of hydrogen-bond acceptors (Lipinski definition) is 2. The van der Waals surface area contributed by atoms with Gasteiger partial charge in [0.15, 0.2) is 0 Å². The zero-order valence-electron chi connectivity index (χ0n) is 11.4. The van der Waals surface area contributed by atoms with Crippen LogP contribution in [0.5, 0.6) is 0 Å². The summed E-state index contributed by atoms with van der Waals surface area (Å²) in [5, 5.41) is 3.63. The topological polar surface area (TPSA) is 15.3 Å². The number of nitrogens with zero attached hydrogens (tertiary/aromatic N) is 1. The smallest absolute Gasteiger partial charge is 0.0252 e. The first kappa shape index (κ1) is 13.0. The van der Waals surface area contributed by atoms with Crippen molar-refractivity contribution >= 4 is 0 Å². The first-order chi connectivity index (χ1) is 6.73. The molecule has 0 aliphatic carbocycles. The molecule has 1 saturated heterocycles. The van der Waals surface area contributed by atoms with Crippen molar-refractivity contribution in [2.75, 3.05) is 19.6 Å². The van der Waals surface area contributed by atoms with Gasteiger partial charge in [-0.25, -0.2) is 0 Å². The van der Waals surface area contributed by atoms with Gasteiger partial charge in [0.25, 0.3) is 0 Å². The first-order valence-electron chi connectivity index (χ1n) is 6.22. The van der Waals surface area contributed by atoms with E-state index in [4.69, 9.17) is 0 Å². The van der Waals surface area contributed by atoms with Gasteiger partial charge in [0.2, 0.25) is 0 Å². The molecule has 90 valence electrons. The number of piperazine rings is 1. The van der Waals surface area contributed by atoms with Crippen LogP contribution in [0, 0.1) is 5.41 Å². The lowest BCUT2D eigenvalue weighted by molar-refractivity contribution is 0.0620. The Bertz CT molecular complexity index is 201. The summed E-state index contributed by atoms with van der Waals surface area (Å²) in [7, 11) is 0. The highest BCUT2D eigenvalue weighted by Gasteiger charge is 2.33. The van der Waals surface area contributed by atoms with Crippen LogP contribution < -0.4 is 5.32 Å². The molecule has 0 aromatic heterocycles. The minimum Gasteiger partial charge on any atom is -0.309 e. The fraction of sp³-hybridized carbons (Fsp3) is 1.00. The zero-order chi connectivity index (χ0) is 11.7. The Morgan fingerprint density at radius 2 is 1.93 bits per heavy atom. The molecular formula is C13H28N2. The Balaban J connectivity index is 2.64. The van der Waals surface area contributed by atoms with Crippen LogP contribution in [0.2, 0.25) is 0 Å². The molecule has 0 saturated carbocycles. The molecule has 0 amide bonds. The number of rotatable bonds is 2. The van der Waals surface area contributed by atoms with Gasteiger partial charge in [-0.1, -0.05) is 27.7 Å². The van der Waals surface area contributed by atoms with Gasteiger partial charge < -0.3 is 5.32 Å². The van der Waals surface area contributed by atoms with Crippen molar-refractivity contribution in [1.29, 1.82) is 0 Å². The van der Waals surface area contributed by atoms with E-state index in [9.17, 15) is 0 Å². The summed E-state index contributed by atoms with van der Waals surface area (Å²) in [5.41, 5.74) is 0.678. The summed E-state index contributed by atoms with van der Waals surface area (Å²) in [6.45, 7) is 17.4. The summed E-state index contributed by atoms with van der Waals surface area (Å²) in [5.74, 6) is 0. The van der Waals surface area contributed by atoms with E-state index >= 15 is 0 Å². The van der Waals surface area contributed by atoms with Crippen molar-refractivity contribution in [3.63, 3.8) is 0 Å². The third kappa shape index (κ3) is 4.12. The molecular weight excluding hydrogens is 184 g/mol. The minimum absolute atomic E-state index is 0.275. The predicted molar refractivity (Wildman–Crippen MR) is 67.2 cm³/mol. The van der Waals surface area contributed by atoms with E-state index in [0.29, 0.717) is 5.41 Å². The summed E-state index contributed by atoms with van der Waals surface area (Å²) < 4.78 is 0. The molecule has 0 radical (unpaired) electrons. The van der Waals surface area contributed by atoms with Crippen molar-refractivity contribution in [3.05, 3.63) is 0 Å². The fourth-order valence-corrected chi connectivity index (χ4v) is 2.41. The van der Waals surface area contributed by atoms with Crippen molar-refractivity contribution in [3.8, 4) is 0 Å². The van der Waals surface area contributed by atoms with Crippen molar-refractivity contribution < 1.29 is 0 Å². The predicted octanol–water partition coefficient (Wildman–Crippen LogP) is 2.49. The third-order valence-electron chi connectivity index (χ3n) is 3.08.